The van der Waals surface area contributed by atoms with E-state index in [2.05, 4.69) is 19.9 Å². The molecule has 5 nitrogen and oxygen atoms in total. The molecule has 3 rings (SSSR count). The summed E-state index contributed by atoms with van der Waals surface area (Å²) in [5, 5.41) is 18.6. The summed E-state index contributed by atoms with van der Waals surface area (Å²) in [6, 6.07) is 12.4. The summed E-state index contributed by atoms with van der Waals surface area (Å²) >= 11 is 0. The molecule has 0 saturated carbocycles. The number of nitrogens with zero attached hydrogens (tertiary/aromatic N) is 3. The number of azo groups is 1. The van der Waals surface area contributed by atoms with E-state index in [1.165, 1.54) is 30.3 Å². The number of ether oxygens (including phenoxy) is 1. The van der Waals surface area contributed by atoms with Gasteiger partial charge in [-0.2, -0.15) is 13.9 Å². The van der Waals surface area contributed by atoms with Crippen LogP contribution in [-0.4, -0.2) is 16.7 Å². The molecule has 0 unspecified atom stereocenters. The zero-order valence-corrected chi connectivity index (χ0v) is 11.7. The van der Waals surface area contributed by atoms with Gasteiger partial charge < -0.3 is 9.84 Å². The van der Waals surface area contributed by atoms with Crippen molar-refractivity contribution in [3.63, 3.8) is 0 Å². The van der Waals surface area contributed by atoms with Gasteiger partial charge in [-0.05, 0) is 48.5 Å². The Morgan fingerprint density at radius 2 is 1.78 bits per heavy atom. The lowest BCUT2D eigenvalue weighted by Crippen LogP contribution is -2.01. The Bertz CT molecular complexity index is 852. The van der Waals surface area contributed by atoms with Crippen molar-refractivity contribution in [3.05, 3.63) is 54.7 Å². The molecule has 0 bridgehead atoms. The van der Waals surface area contributed by atoms with Crippen molar-refractivity contribution in [2.75, 3.05) is 0 Å². The maximum atomic E-state index is 12.1. The molecule has 0 fully saturated rings. The number of rotatable bonds is 4. The highest BCUT2D eigenvalue weighted by Crippen LogP contribution is 2.32. The summed E-state index contributed by atoms with van der Waals surface area (Å²) in [5.41, 5.74) is 1.46. The number of benzene rings is 2. The van der Waals surface area contributed by atoms with Crippen LogP contribution in [0.4, 0.5) is 20.2 Å². The van der Waals surface area contributed by atoms with Crippen LogP contribution >= 0.6 is 0 Å². The van der Waals surface area contributed by atoms with E-state index in [0.29, 0.717) is 22.3 Å². The molecular weight excluding hydrogens is 304 g/mol. The van der Waals surface area contributed by atoms with Crippen molar-refractivity contribution < 1.29 is 18.6 Å². The molecule has 7 heteroatoms. The molecule has 1 N–H and O–H groups in total. The van der Waals surface area contributed by atoms with E-state index >= 15 is 0 Å². The monoisotopic (exact) mass is 315 g/mol. The molecule has 2 aromatic carbocycles. The fourth-order valence-corrected chi connectivity index (χ4v) is 2.04. The van der Waals surface area contributed by atoms with Crippen LogP contribution in [0.2, 0.25) is 0 Å². The Morgan fingerprint density at radius 1 is 1.00 bits per heavy atom. The first-order chi connectivity index (χ1) is 11.1. The van der Waals surface area contributed by atoms with E-state index in [1.807, 2.05) is 0 Å². The first-order valence-corrected chi connectivity index (χ1v) is 6.67. The SMILES string of the molecule is Oc1ccc(N=Nc2ccc(OC(F)F)cc2)c2cccnc12. The minimum atomic E-state index is -2.86. The number of phenols is 1. The molecule has 0 aliphatic carbocycles. The summed E-state index contributed by atoms with van der Waals surface area (Å²) in [5.74, 6) is 0.117. The number of alkyl halides is 2. The minimum absolute atomic E-state index is 0.0539. The van der Waals surface area contributed by atoms with Gasteiger partial charge in [-0.3, -0.25) is 4.98 Å². The average molecular weight is 315 g/mol. The van der Waals surface area contributed by atoms with Gasteiger partial charge in [0.1, 0.15) is 17.0 Å². The number of hydrogen-bond acceptors (Lipinski definition) is 5. The predicted molar refractivity (Wildman–Crippen MR) is 80.7 cm³/mol. The first-order valence-electron chi connectivity index (χ1n) is 6.67. The average Bonchev–Trinajstić information content (AvgIpc) is 2.55. The number of aromatic hydroxyl groups is 1. The smallest absolute Gasteiger partial charge is 0.387 e. The van der Waals surface area contributed by atoms with Crippen LogP contribution in [-0.2, 0) is 0 Å². The summed E-state index contributed by atoms with van der Waals surface area (Å²) < 4.78 is 28.4. The van der Waals surface area contributed by atoms with E-state index in [1.54, 1.807) is 24.4 Å². The molecular formula is C16H11F2N3O2. The maximum Gasteiger partial charge on any atom is 0.387 e. The number of halogens is 2. The van der Waals surface area contributed by atoms with Gasteiger partial charge in [0.05, 0.1) is 11.4 Å². The number of phenolic OH excluding ortho intramolecular Hbond substituents is 1. The number of fused-ring (bicyclic) bond motifs is 1. The molecule has 0 amide bonds. The second kappa shape index (κ2) is 6.35. The van der Waals surface area contributed by atoms with Crippen molar-refractivity contribution in [1.29, 1.82) is 0 Å². The maximum absolute atomic E-state index is 12.1. The topological polar surface area (TPSA) is 67.1 Å². The first kappa shape index (κ1) is 14.8. The molecule has 0 saturated heterocycles. The van der Waals surface area contributed by atoms with Gasteiger partial charge in [0.25, 0.3) is 0 Å². The van der Waals surface area contributed by atoms with Crippen LogP contribution < -0.4 is 4.74 Å². The molecule has 0 spiro atoms. The highest BCUT2D eigenvalue weighted by atomic mass is 19.3. The second-order valence-corrected chi connectivity index (χ2v) is 4.58. The van der Waals surface area contributed by atoms with Crippen LogP contribution in [0.3, 0.4) is 0 Å². The molecule has 0 atom stereocenters. The number of hydrogen-bond donors (Lipinski definition) is 1. The van der Waals surface area contributed by atoms with Gasteiger partial charge in [-0.25, -0.2) is 0 Å². The van der Waals surface area contributed by atoms with Crippen LogP contribution in [0.1, 0.15) is 0 Å². The summed E-state index contributed by atoms with van der Waals surface area (Å²) in [7, 11) is 0. The zero-order valence-electron chi connectivity index (χ0n) is 11.7. The van der Waals surface area contributed by atoms with Crippen molar-refractivity contribution in [2.45, 2.75) is 6.61 Å². The Morgan fingerprint density at radius 3 is 2.52 bits per heavy atom. The second-order valence-electron chi connectivity index (χ2n) is 4.58. The summed E-state index contributed by atoms with van der Waals surface area (Å²) in [6.45, 7) is -2.86. The van der Waals surface area contributed by atoms with Crippen molar-refractivity contribution >= 4 is 22.3 Å². The highest BCUT2D eigenvalue weighted by Gasteiger charge is 2.06. The zero-order chi connectivity index (χ0) is 16.2. The van der Waals surface area contributed by atoms with E-state index in [9.17, 15) is 13.9 Å². The Hall–Kier alpha value is -3.09. The number of aromatic nitrogens is 1. The van der Waals surface area contributed by atoms with Crippen LogP contribution in [0.25, 0.3) is 10.9 Å². The Labute approximate surface area is 129 Å². The lowest BCUT2D eigenvalue weighted by molar-refractivity contribution is -0.0498. The van der Waals surface area contributed by atoms with Gasteiger partial charge in [0.15, 0.2) is 0 Å². The molecule has 0 aliphatic heterocycles. The van der Waals surface area contributed by atoms with Gasteiger partial charge >= 0.3 is 6.61 Å². The molecule has 0 aliphatic rings. The highest BCUT2D eigenvalue weighted by molar-refractivity contribution is 5.93. The summed E-state index contributed by atoms with van der Waals surface area (Å²) in [6.07, 6.45) is 1.57. The van der Waals surface area contributed by atoms with Gasteiger partial charge in [-0.15, -0.1) is 5.11 Å². The Kier molecular flexibility index (Phi) is 4.09. The third kappa shape index (κ3) is 3.39. The quantitative estimate of drug-likeness (QED) is 0.692. The number of pyridine rings is 1. The molecule has 1 aromatic heterocycles. The van der Waals surface area contributed by atoms with E-state index in [-0.39, 0.29) is 11.5 Å². The van der Waals surface area contributed by atoms with Gasteiger partial charge in [0.2, 0.25) is 0 Å². The fourth-order valence-electron chi connectivity index (χ4n) is 2.04. The largest absolute Gasteiger partial charge is 0.506 e. The molecule has 116 valence electrons. The standard InChI is InChI=1S/C16H11F2N3O2/c17-16(18)23-11-5-3-10(4-6-11)20-21-13-7-8-14(22)15-12(13)2-1-9-19-15/h1-9,16,22H. The minimum Gasteiger partial charge on any atom is -0.506 e. The van der Waals surface area contributed by atoms with E-state index in [4.69, 9.17) is 0 Å². The van der Waals surface area contributed by atoms with E-state index in [0.717, 1.165) is 0 Å². The van der Waals surface area contributed by atoms with Crippen molar-refractivity contribution in [3.8, 4) is 11.5 Å². The predicted octanol–water partition coefficient (Wildman–Crippen LogP) is 4.96. The Balaban J connectivity index is 1.87. The van der Waals surface area contributed by atoms with Gasteiger partial charge in [0, 0.05) is 11.6 Å². The summed E-state index contributed by atoms with van der Waals surface area (Å²) in [4.78, 5) is 4.10. The van der Waals surface area contributed by atoms with Gasteiger partial charge in [-0.1, -0.05) is 0 Å². The van der Waals surface area contributed by atoms with Crippen LogP contribution in [0.15, 0.2) is 65.0 Å². The van der Waals surface area contributed by atoms with Crippen molar-refractivity contribution in [2.24, 2.45) is 10.2 Å². The lowest BCUT2D eigenvalue weighted by atomic mass is 10.2. The van der Waals surface area contributed by atoms with E-state index < -0.39 is 6.61 Å². The molecule has 3 aromatic rings. The van der Waals surface area contributed by atoms with Crippen molar-refractivity contribution in [1.82, 2.24) is 4.98 Å². The lowest BCUT2D eigenvalue weighted by Gasteiger charge is -2.04. The fraction of sp³-hybridized carbons (Fsp3) is 0.0625. The molecule has 1 heterocycles. The normalized spacial score (nSPS) is 11.4. The third-order valence-electron chi connectivity index (χ3n) is 3.06. The molecule has 23 heavy (non-hydrogen) atoms. The van der Waals surface area contributed by atoms with Crippen LogP contribution in [0, 0.1) is 0 Å². The van der Waals surface area contributed by atoms with Crippen LogP contribution in [0.5, 0.6) is 11.5 Å². The third-order valence-corrected chi connectivity index (χ3v) is 3.06. The molecule has 0 radical (unpaired) electrons.